The Labute approximate surface area is 102 Å². The molecule has 94 valence electrons. The van der Waals surface area contributed by atoms with E-state index in [-0.39, 0.29) is 5.91 Å². The molecule has 1 aromatic rings. The Kier molecular flexibility index (Phi) is 5.49. The molecule has 0 aliphatic rings. The van der Waals surface area contributed by atoms with Gasteiger partial charge in [0.25, 0.3) is 0 Å². The van der Waals surface area contributed by atoms with Gasteiger partial charge in [-0.25, -0.2) is 0 Å². The number of carbonyl (C=O) groups is 1. The molecule has 0 aliphatic carbocycles. The molecule has 1 amide bonds. The van der Waals surface area contributed by atoms with E-state index in [1.807, 2.05) is 31.2 Å². The van der Waals surface area contributed by atoms with Gasteiger partial charge in [-0.15, -0.1) is 0 Å². The molecule has 0 aliphatic heterocycles. The first kappa shape index (κ1) is 13.5. The lowest BCUT2D eigenvalue weighted by molar-refractivity contribution is -0.129. The summed E-state index contributed by atoms with van der Waals surface area (Å²) in [7, 11) is 1.79. The largest absolute Gasteiger partial charge is 0.399 e. The van der Waals surface area contributed by atoms with Crippen LogP contribution in [0.2, 0.25) is 0 Å². The van der Waals surface area contributed by atoms with E-state index in [1.54, 1.807) is 11.9 Å². The van der Waals surface area contributed by atoms with Crippen molar-refractivity contribution in [3.63, 3.8) is 0 Å². The highest BCUT2D eigenvalue weighted by molar-refractivity contribution is 5.78. The summed E-state index contributed by atoms with van der Waals surface area (Å²) < 4.78 is 5.21. The fourth-order valence-corrected chi connectivity index (χ4v) is 1.42. The van der Waals surface area contributed by atoms with Gasteiger partial charge in [0.15, 0.2) is 0 Å². The van der Waals surface area contributed by atoms with Crippen LogP contribution >= 0.6 is 0 Å². The van der Waals surface area contributed by atoms with E-state index in [2.05, 4.69) is 0 Å². The Balaban J connectivity index is 2.40. The number of anilines is 1. The van der Waals surface area contributed by atoms with E-state index in [0.29, 0.717) is 31.9 Å². The zero-order valence-electron chi connectivity index (χ0n) is 10.5. The first-order chi connectivity index (χ1) is 8.13. The summed E-state index contributed by atoms with van der Waals surface area (Å²) in [6.07, 6.45) is 0.406. The molecular weight excluding hydrogens is 216 g/mol. The van der Waals surface area contributed by atoms with Crippen LogP contribution in [0.4, 0.5) is 5.69 Å². The third kappa shape index (κ3) is 4.87. The molecular formula is C13H20N2O2. The van der Waals surface area contributed by atoms with Crippen molar-refractivity contribution >= 4 is 11.6 Å². The summed E-state index contributed by atoms with van der Waals surface area (Å²) in [6.45, 7) is 3.83. The van der Waals surface area contributed by atoms with Gasteiger partial charge in [0, 0.05) is 25.9 Å². The van der Waals surface area contributed by atoms with Crippen molar-refractivity contribution in [2.24, 2.45) is 0 Å². The molecule has 0 atom stereocenters. The molecule has 17 heavy (non-hydrogen) atoms. The van der Waals surface area contributed by atoms with Crippen LogP contribution in [0.1, 0.15) is 12.5 Å². The third-order valence-electron chi connectivity index (χ3n) is 2.54. The maximum atomic E-state index is 11.8. The van der Waals surface area contributed by atoms with E-state index >= 15 is 0 Å². The molecule has 0 heterocycles. The normalized spacial score (nSPS) is 10.2. The first-order valence-corrected chi connectivity index (χ1v) is 5.79. The van der Waals surface area contributed by atoms with E-state index in [4.69, 9.17) is 10.5 Å². The number of carbonyl (C=O) groups excluding carboxylic acids is 1. The highest BCUT2D eigenvalue weighted by Gasteiger charge is 2.08. The number of ether oxygens (including phenoxy) is 1. The molecule has 0 saturated heterocycles. The van der Waals surface area contributed by atoms with Gasteiger partial charge in [0.2, 0.25) is 5.91 Å². The Morgan fingerprint density at radius 1 is 1.35 bits per heavy atom. The van der Waals surface area contributed by atoms with Gasteiger partial charge in [-0.1, -0.05) is 12.1 Å². The summed E-state index contributed by atoms with van der Waals surface area (Å²) in [5.74, 6) is 0.0921. The molecule has 0 fully saturated rings. The molecule has 2 N–H and O–H groups in total. The Hall–Kier alpha value is -1.55. The zero-order chi connectivity index (χ0) is 12.7. The lowest BCUT2D eigenvalue weighted by Crippen LogP contribution is -2.31. The van der Waals surface area contributed by atoms with Gasteiger partial charge in [-0.2, -0.15) is 0 Å². The average Bonchev–Trinajstić information content (AvgIpc) is 2.32. The maximum Gasteiger partial charge on any atom is 0.226 e. The quantitative estimate of drug-likeness (QED) is 0.598. The summed E-state index contributed by atoms with van der Waals surface area (Å²) in [6, 6.07) is 7.37. The second-order valence-corrected chi connectivity index (χ2v) is 3.93. The molecule has 0 saturated carbocycles. The van der Waals surface area contributed by atoms with Crippen LogP contribution in [0.15, 0.2) is 24.3 Å². The molecule has 4 heteroatoms. The molecule has 0 unspecified atom stereocenters. The van der Waals surface area contributed by atoms with E-state index in [9.17, 15) is 4.79 Å². The third-order valence-corrected chi connectivity index (χ3v) is 2.54. The SMILES string of the molecule is CCOCCN(C)C(=O)Cc1ccc(N)cc1. The number of nitrogens with two attached hydrogens (primary N) is 1. The van der Waals surface area contributed by atoms with Crippen molar-refractivity contribution < 1.29 is 9.53 Å². The van der Waals surface area contributed by atoms with Crippen molar-refractivity contribution in [1.82, 2.24) is 4.90 Å². The smallest absolute Gasteiger partial charge is 0.226 e. The van der Waals surface area contributed by atoms with Gasteiger partial charge in [-0.3, -0.25) is 4.79 Å². The van der Waals surface area contributed by atoms with Crippen molar-refractivity contribution in [2.75, 3.05) is 32.5 Å². The van der Waals surface area contributed by atoms with Crippen LogP contribution in [0.3, 0.4) is 0 Å². The summed E-state index contributed by atoms with van der Waals surface area (Å²) in [5.41, 5.74) is 7.28. The van der Waals surface area contributed by atoms with Gasteiger partial charge in [0.1, 0.15) is 0 Å². The molecule has 0 spiro atoms. The van der Waals surface area contributed by atoms with E-state index in [0.717, 1.165) is 5.56 Å². The lowest BCUT2D eigenvalue weighted by atomic mass is 10.1. The number of rotatable bonds is 6. The average molecular weight is 236 g/mol. The maximum absolute atomic E-state index is 11.8. The van der Waals surface area contributed by atoms with E-state index in [1.165, 1.54) is 0 Å². The fraction of sp³-hybridized carbons (Fsp3) is 0.462. The number of amides is 1. The number of nitrogen functional groups attached to an aromatic ring is 1. The van der Waals surface area contributed by atoms with Gasteiger partial charge < -0.3 is 15.4 Å². The zero-order valence-corrected chi connectivity index (χ0v) is 10.5. The highest BCUT2D eigenvalue weighted by atomic mass is 16.5. The number of hydrogen-bond donors (Lipinski definition) is 1. The second kappa shape index (κ2) is 6.91. The molecule has 0 aromatic heterocycles. The van der Waals surface area contributed by atoms with Crippen molar-refractivity contribution in [3.8, 4) is 0 Å². The molecule has 1 rings (SSSR count). The van der Waals surface area contributed by atoms with Gasteiger partial charge in [-0.05, 0) is 24.6 Å². The minimum atomic E-state index is 0.0921. The van der Waals surface area contributed by atoms with Crippen LogP contribution in [0, 0.1) is 0 Å². The van der Waals surface area contributed by atoms with Crippen LogP contribution < -0.4 is 5.73 Å². The van der Waals surface area contributed by atoms with Gasteiger partial charge in [0.05, 0.1) is 13.0 Å². The number of benzene rings is 1. The summed E-state index contributed by atoms with van der Waals surface area (Å²) in [5, 5.41) is 0. The van der Waals surface area contributed by atoms with Crippen LogP contribution in [-0.2, 0) is 16.0 Å². The Morgan fingerprint density at radius 3 is 2.59 bits per heavy atom. The predicted molar refractivity (Wildman–Crippen MR) is 68.7 cm³/mol. The van der Waals surface area contributed by atoms with Crippen molar-refractivity contribution in [3.05, 3.63) is 29.8 Å². The molecule has 4 nitrogen and oxygen atoms in total. The second-order valence-electron chi connectivity index (χ2n) is 3.93. The molecule has 0 bridgehead atoms. The monoisotopic (exact) mass is 236 g/mol. The van der Waals surface area contributed by atoms with Crippen LogP contribution in [-0.4, -0.2) is 37.6 Å². The van der Waals surface area contributed by atoms with E-state index < -0.39 is 0 Å². The minimum Gasteiger partial charge on any atom is -0.399 e. The standard InChI is InChI=1S/C13H20N2O2/c1-3-17-9-8-15(2)13(16)10-11-4-6-12(14)7-5-11/h4-7H,3,8-10,14H2,1-2H3. The summed E-state index contributed by atoms with van der Waals surface area (Å²) in [4.78, 5) is 13.5. The van der Waals surface area contributed by atoms with Crippen LogP contribution in [0.5, 0.6) is 0 Å². The lowest BCUT2D eigenvalue weighted by Gasteiger charge is -2.17. The molecule has 1 aromatic carbocycles. The minimum absolute atomic E-state index is 0.0921. The number of likely N-dealkylation sites (N-methyl/N-ethyl adjacent to an activating group) is 1. The van der Waals surface area contributed by atoms with Gasteiger partial charge >= 0.3 is 0 Å². The molecule has 0 radical (unpaired) electrons. The first-order valence-electron chi connectivity index (χ1n) is 5.79. The summed E-state index contributed by atoms with van der Waals surface area (Å²) >= 11 is 0. The Morgan fingerprint density at radius 2 is 2.00 bits per heavy atom. The van der Waals surface area contributed by atoms with Crippen molar-refractivity contribution in [2.45, 2.75) is 13.3 Å². The fourth-order valence-electron chi connectivity index (χ4n) is 1.42. The Bertz CT molecular complexity index is 349. The van der Waals surface area contributed by atoms with Crippen LogP contribution in [0.25, 0.3) is 0 Å². The number of hydrogen-bond acceptors (Lipinski definition) is 3. The number of nitrogens with zero attached hydrogens (tertiary/aromatic N) is 1. The predicted octanol–water partition coefficient (Wildman–Crippen LogP) is 1.31. The van der Waals surface area contributed by atoms with Crippen molar-refractivity contribution in [1.29, 1.82) is 0 Å². The topological polar surface area (TPSA) is 55.6 Å². The highest BCUT2D eigenvalue weighted by Crippen LogP contribution is 2.07.